The topological polar surface area (TPSA) is 44.8 Å². The molecule has 1 aromatic carbocycles. The third kappa shape index (κ3) is 7.57. The average Bonchev–Trinajstić information content (AvgIpc) is 2.59. The minimum Gasteiger partial charge on any atom is -0.503 e. The molecule has 0 fully saturated rings. The van der Waals surface area contributed by atoms with Crippen molar-refractivity contribution in [3.05, 3.63) is 71.0 Å². The molecule has 0 aliphatic heterocycles. The summed E-state index contributed by atoms with van der Waals surface area (Å²) in [6, 6.07) is 7.82. The van der Waals surface area contributed by atoms with Gasteiger partial charge in [0.05, 0.1) is 26.1 Å². The van der Waals surface area contributed by atoms with Crippen molar-refractivity contribution in [2.45, 2.75) is 20.8 Å². The van der Waals surface area contributed by atoms with Crippen molar-refractivity contribution in [1.29, 1.82) is 0 Å². The van der Waals surface area contributed by atoms with Crippen LogP contribution in [0.4, 0.5) is 0 Å². The number of hydrogen-bond donors (Lipinski definition) is 0. The summed E-state index contributed by atoms with van der Waals surface area (Å²) in [5, 5.41) is 0. The second-order valence-electron chi connectivity index (χ2n) is 5.63. The quantitative estimate of drug-likeness (QED) is 0.226. The fraction of sp³-hybridized carbons (Fsp3) is 0.286. The molecule has 0 spiro atoms. The summed E-state index contributed by atoms with van der Waals surface area (Å²) in [6.45, 7) is 6.46. The van der Waals surface area contributed by atoms with Crippen molar-refractivity contribution in [3.63, 3.8) is 0 Å². The van der Waals surface area contributed by atoms with E-state index >= 15 is 0 Å². The van der Waals surface area contributed by atoms with Gasteiger partial charge in [-0.05, 0) is 50.1 Å². The van der Waals surface area contributed by atoms with Gasteiger partial charge < -0.3 is 14.2 Å². The second kappa shape index (κ2) is 10.9. The third-order valence-corrected chi connectivity index (χ3v) is 3.30. The Morgan fingerprint density at radius 2 is 1.92 bits per heavy atom. The smallest absolute Gasteiger partial charge is 0.341 e. The Morgan fingerprint density at radius 3 is 2.56 bits per heavy atom. The summed E-state index contributed by atoms with van der Waals surface area (Å²) in [4.78, 5) is 11.7. The molecule has 0 radical (unpaired) electrons. The van der Waals surface area contributed by atoms with E-state index in [1.54, 1.807) is 0 Å². The summed E-state index contributed by atoms with van der Waals surface area (Å²) in [5.41, 5.74) is 3.37. The molecule has 0 heterocycles. The van der Waals surface area contributed by atoms with E-state index in [1.165, 1.54) is 26.1 Å². The van der Waals surface area contributed by atoms with Gasteiger partial charge in [-0.1, -0.05) is 35.9 Å². The lowest BCUT2D eigenvalue weighted by Gasteiger charge is -2.05. The molecule has 4 nitrogen and oxygen atoms in total. The van der Waals surface area contributed by atoms with Crippen molar-refractivity contribution in [1.82, 2.24) is 0 Å². The van der Waals surface area contributed by atoms with Crippen molar-refractivity contribution in [2.75, 3.05) is 20.8 Å². The summed E-state index contributed by atoms with van der Waals surface area (Å²) < 4.78 is 15.4. The Hall–Kier alpha value is -2.75. The van der Waals surface area contributed by atoms with Crippen LogP contribution in [0, 0.1) is 0 Å². The third-order valence-electron chi connectivity index (χ3n) is 3.30. The Balaban J connectivity index is 2.82. The number of esters is 1. The van der Waals surface area contributed by atoms with E-state index in [0.29, 0.717) is 12.2 Å². The van der Waals surface area contributed by atoms with Gasteiger partial charge in [-0.25, -0.2) is 4.79 Å². The second-order valence-corrected chi connectivity index (χ2v) is 5.63. The predicted molar refractivity (Wildman–Crippen MR) is 101 cm³/mol. The molecule has 0 N–H and O–H groups in total. The van der Waals surface area contributed by atoms with E-state index in [4.69, 9.17) is 14.2 Å². The van der Waals surface area contributed by atoms with Gasteiger partial charge in [-0.3, -0.25) is 0 Å². The zero-order chi connectivity index (χ0) is 18.7. The molecule has 0 aliphatic carbocycles. The van der Waals surface area contributed by atoms with Gasteiger partial charge in [0.15, 0.2) is 0 Å². The fourth-order valence-electron chi connectivity index (χ4n) is 1.94. The van der Waals surface area contributed by atoms with Crippen molar-refractivity contribution < 1.29 is 19.0 Å². The van der Waals surface area contributed by atoms with Crippen LogP contribution in [0.5, 0.6) is 5.75 Å². The highest BCUT2D eigenvalue weighted by atomic mass is 16.5. The van der Waals surface area contributed by atoms with Gasteiger partial charge in [0.1, 0.15) is 12.4 Å². The summed E-state index contributed by atoms with van der Waals surface area (Å²) in [5.74, 6) is 0.383. The lowest BCUT2D eigenvalue weighted by Crippen LogP contribution is -2.06. The van der Waals surface area contributed by atoms with Crippen LogP contribution < -0.4 is 4.74 Å². The number of rotatable bonds is 8. The number of ether oxygens (including phenoxy) is 3. The molecule has 0 bridgehead atoms. The van der Waals surface area contributed by atoms with E-state index in [2.05, 4.69) is 0 Å². The number of benzene rings is 1. The van der Waals surface area contributed by atoms with Gasteiger partial charge in [-0.15, -0.1) is 0 Å². The Kier molecular flexibility index (Phi) is 8.86. The average molecular weight is 342 g/mol. The molecular weight excluding hydrogens is 316 g/mol. The first kappa shape index (κ1) is 20.3. The van der Waals surface area contributed by atoms with E-state index in [-0.39, 0.29) is 0 Å². The minimum absolute atomic E-state index is 0.383. The lowest BCUT2D eigenvalue weighted by atomic mass is 10.1. The van der Waals surface area contributed by atoms with Crippen molar-refractivity contribution >= 4 is 12.0 Å². The standard InChI is InChI=1S/C21H26O4/c1-16(2)12-13-25-19-11-7-10-18(14-19)9-6-8-17(3)20(15-23-4)21(22)24-5/h6-12,14-15H,13H2,1-5H3/b9-6+,17-8+,20-15+. The Bertz CT molecular complexity index is 690. The molecular formula is C21H26O4. The van der Waals surface area contributed by atoms with E-state index in [1.807, 2.05) is 69.3 Å². The van der Waals surface area contributed by atoms with Gasteiger partial charge >= 0.3 is 5.97 Å². The van der Waals surface area contributed by atoms with Crippen LogP contribution in [0.3, 0.4) is 0 Å². The molecule has 1 rings (SSSR count). The largest absolute Gasteiger partial charge is 0.503 e. The maximum atomic E-state index is 11.7. The van der Waals surface area contributed by atoms with Crippen LogP contribution in [-0.4, -0.2) is 26.8 Å². The molecule has 0 aromatic heterocycles. The van der Waals surface area contributed by atoms with Gasteiger partial charge in [-0.2, -0.15) is 0 Å². The first-order valence-electron chi connectivity index (χ1n) is 8.00. The predicted octanol–water partition coefficient (Wildman–Crippen LogP) is 4.69. The molecule has 1 aromatic rings. The first-order valence-corrected chi connectivity index (χ1v) is 8.00. The monoisotopic (exact) mass is 342 g/mol. The van der Waals surface area contributed by atoms with Crippen LogP contribution in [0.2, 0.25) is 0 Å². The molecule has 0 unspecified atom stereocenters. The summed E-state index contributed by atoms with van der Waals surface area (Å²) in [7, 11) is 2.84. The maximum absolute atomic E-state index is 11.7. The van der Waals surface area contributed by atoms with Gasteiger partial charge in [0.25, 0.3) is 0 Å². The number of hydrogen-bond acceptors (Lipinski definition) is 4. The maximum Gasteiger partial charge on any atom is 0.341 e. The minimum atomic E-state index is -0.432. The Morgan fingerprint density at radius 1 is 1.16 bits per heavy atom. The van der Waals surface area contributed by atoms with Crippen LogP contribution >= 0.6 is 0 Å². The zero-order valence-electron chi connectivity index (χ0n) is 15.5. The number of allylic oxidation sites excluding steroid dienone is 3. The van der Waals surface area contributed by atoms with Crippen LogP contribution in [0.1, 0.15) is 26.3 Å². The molecule has 0 atom stereocenters. The van der Waals surface area contributed by atoms with Crippen LogP contribution in [0.15, 0.2) is 65.5 Å². The van der Waals surface area contributed by atoms with Crippen LogP contribution in [0.25, 0.3) is 6.08 Å². The zero-order valence-corrected chi connectivity index (χ0v) is 15.5. The Labute approximate surface area is 150 Å². The number of carbonyl (C=O) groups is 1. The van der Waals surface area contributed by atoms with E-state index < -0.39 is 5.97 Å². The van der Waals surface area contributed by atoms with Crippen LogP contribution in [-0.2, 0) is 14.3 Å². The molecule has 134 valence electrons. The first-order chi connectivity index (χ1) is 12.0. The highest BCUT2D eigenvalue weighted by molar-refractivity contribution is 5.93. The lowest BCUT2D eigenvalue weighted by molar-refractivity contribution is -0.135. The summed E-state index contributed by atoms with van der Waals surface area (Å²) in [6.07, 6.45) is 9.06. The molecule has 0 saturated carbocycles. The number of methoxy groups -OCH3 is 2. The SMILES string of the molecule is CO\C=C(C(=O)OC)/C(C)=C/C=C/c1cccc(OCC=C(C)C)c1. The number of carbonyl (C=O) groups excluding carboxylic acids is 1. The molecule has 0 saturated heterocycles. The van der Waals surface area contributed by atoms with Crippen molar-refractivity contribution in [3.8, 4) is 5.75 Å². The highest BCUT2D eigenvalue weighted by Gasteiger charge is 2.11. The van der Waals surface area contributed by atoms with Crippen molar-refractivity contribution in [2.24, 2.45) is 0 Å². The fourth-order valence-corrected chi connectivity index (χ4v) is 1.94. The normalized spacial score (nSPS) is 12.0. The molecule has 0 aliphatic rings. The van der Waals surface area contributed by atoms with Gasteiger partial charge in [0, 0.05) is 0 Å². The molecule has 4 heteroatoms. The van der Waals surface area contributed by atoms with E-state index in [0.717, 1.165) is 16.9 Å². The molecule has 0 amide bonds. The van der Waals surface area contributed by atoms with Gasteiger partial charge in [0.2, 0.25) is 0 Å². The van der Waals surface area contributed by atoms with E-state index in [9.17, 15) is 4.79 Å². The molecule has 25 heavy (non-hydrogen) atoms. The highest BCUT2D eigenvalue weighted by Crippen LogP contribution is 2.16. The summed E-state index contributed by atoms with van der Waals surface area (Å²) >= 11 is 0.